The third-order valence-electron chi connectivity index (χ3n) is 5.76. The molecule has 2 heterocycles. The molecule has 1 amide bonds. The van der Waals surface area contributed by atoms with Crippen molar-refractivity contribution >= 4 is 6.09 Å². The van der Waals surface area contributed by atoms with Crippen LogP contribution < -0.4 is 9.88 Å². The van der Waals surface area contributed by atoms with Crippen molar-refractivity contribution in [2.45, 2.75) is 51.6 Å². The summed E-state index contributed by atoms with van der Waals surface area (Å²) in [5.74, 6) is 9.81. The summed E-state index contributed by atoms with van der Waals surface area (Å²) < 4.78 is 9.97. The Bertz CT molecular complexity index is 652. The summed E-state index contributed by atoms with van der Waals surface area (Å²) in [6, 6.07) is 0. The molecule has 0 bridgehead atoms. The first-order chi connectivity index (χ1) is 11.8. The number of amides is 1. The molecule has 1 N–H and O–H groups in total. The summed E-state index contributed by atoms with van der Waals surface area (Å²) in [5.41, 5.74) is 0. The topological polar surface area (TPSA) is 47.1 Å². The number of imidazole rings is 1. The number of hydrogen-bond donors (Lipinski definition) is 1. The van der Waals surface area contributed by atoms with E-state index >= 15 is 0 Å². The van der Waals surface area contributed by atoms with Crippen molar-refractivity contribution in [1.82, 2.24) is 9.88 Å². The van der Waals surface area contributed by atoms with Crippen LogP contribution >= 0.6 is 0 Å². The van der Waals surface area contributed by atoms with Crippen molar-refractivity contribution in [2.24, 2.45) is 17.8 Å². The Kier molecular flexibility index (Phi) is 4.46. The Morgan fingerprint density at radius 1 is 1.33 bits per heavy atom. The average Bonchev–Trinajstić information content (AvgIpc) is 2.89. The Labute approximate surface area is 143 Å². The van der Waals surface area contributed by atoms with Gasteiger partial charge >= 0.3 is 6.09 Å². The van der Waals surface area contributed by atoms with Gasteiger partial charge in [0.2, 0.25) is 0 Å². The third kappa shape index (κ3) is 3.28. The van der Waals surface area contributed by atoms with Crippen LogP contribution in [-0.4, -0.2) is 23.8 Å². The van der Waals surface area contributed by atoms with Crippen LogP contribution in [0.2, 0.25) is 0 Å². The summed E-state index contributed by atoms with van der Waals surface area (Å²) in [4.78, 5) is 11.9. The molecule has 2 aliphatic carbocycles. The van der Waals surface area contributed by atoms with Crippen molar-refractivity contribution in [1.29, 1.82) is 0 Å². The third-order valence-corrected chi connectivity index (χ3v) is 5.76. The molecule has 4 rings (SSSR count). The SMILES string of the molecule is O=C(NCCn1cc[n+]2c1CCC2)OCC1C2CCC#CCCC21. The Balaban J connectivity index is 1.15. The van der Waals surface area contributed by atoms with Crippen molar-refractivity contribution in [3.05, 3.63) is 18.2 Å². The second-order valence-corrected chi connectivity index (χ2v) is 7.15. The lowest BCUT2D eigenvalue weighted by molar-refractivity contribution is -0.690. The van der Waals surface area contributed by atoms with Crippen LogP contribution in [0.1, 0.15) is 37.9 Å². The molecule has 0 spiro atoms. The minimum Gasteiger partial charge on any atom is -0.449 e. The number of fused-ring (bicyclic) bond motifs is 2. The van der Waals surface area contributed by atoms with E-state index in [0.29, 0.717) is 19.1 Å². The standard InChI is InChI=1S/C19H25N3O2/c23-19(20-9-11-22-13-12-21-10-5-8-18(21)22)24-14-17-15-6-3-1-2-4-7-16(15)17/h12-13,15-17H,3-11,14H2/p+1. The highest BCUT2D eigenvalue weighted by Gasteiger charge is 2.49. The van der Waals surface area contributed by atoms with Gasteiger partial charge in [-0.25, -0.2) is 13.9 Å². The Hall–Kier alpha value is -1.96. The fraction of sp³-hybridized carbons (Fsp3) is 0.684. The van der Waals surface area contributed by atoms with Crippen LogP contribution in [0.4, 0.5) is 4.79 Å². The van der Waals surface area contributed by atoms with Crippen LogP contribution in [0.15, 0.2) is 12.4 Å². The fourth-order valence-corrected chi connectivity index (χ4v) is 4.38. The molecule has 1 aromatic rings. The molecule has 0 radical (unpaired) electrons. The van der Waals surface area contributed by atoms with Crippen LogP contribution in [0.3, 0.4) is 0 Å². The summed E-state index contributed by atoms with van der Waals surface area (Å²) in [6.45, 7) is 3.11. The first-order valence-electron chi connectivity index (χ1n) is 9.27. The maximum absolute atomic E-state index is 11.9. The number of nitrogens with one attached hydrogen (secondary N) is 1. The zero-order valence-electron chi connectivity index (χ0n) is 14.2. The molecular formula is C19H26N3O2+. The minimum atomic E-state index is -0.276. The highest BCUT2D eigenvalue weighted by atomic mass is 16.5. The van der Waals surface area contributed by atoms with E-state index < -0.39 is 0 Å². The second kappa shape index (κ2) is 6.88. The molecule has 1 aliphatic heterocycles. The number of carbonyl (C=O) groups is 1. The number of nitrogens with zero attached hydrogens (tertiary/aromatic N) is 2. The lowest BCUT2D eigenvalue weighted by Gasteiger charge is -2.06. The van der Waals surface area contributed by atoms with E-state index in [9.17, 15) is 4.79 Å². The van der Waals surface area contributed by atoms with Crippen LogP contribution in [0, 0.1) is 29.6 Å². The van der Waals surface area contributed by atoms with Crippen molar-refractivity contribution in [3.8, 4) is 11.8 Å². The van der Waals surface area contributed by atoms with E-state index in [2.05, 4.69) is 38.7 Å². The predicted octanol–water partition coefficient (Wildman–Crippen LogP) is 1.89. The molecule has 1 fully saturated rings. The zero-order chi connectivity index (χ0) is 16.4. The van der Waals surface area contributed by atoms with Gasteiger partial charge in [-0.3, -0.25) is 0 Å². The first-order valence-corrected chi connectivity index (χ1v) is 9.27. The molecule has 2 atom stereocenters. The zero-order valence-corrected chi connectivity index (χ0v) is 14.2. The second-order valence-electron chi connectivity index (χ2n) is 7.15. The summed E-state index contributed by atoms with van der Waals surface area (Å²) in [7, 11) is 0. The van der Waals surface area contributed by atoms with E-state index in [0.717, 1.165) is 44.2 Å². The van der Waals surface area contributed by atoms with Crippen molar-refractivity contribution in [3.63, 3.8) is 0 Å². The highest BCUT2D eigenvalue weighted by molar-refractivity contribution is 5.67. The largest absolute Gasteiger partial charge is 0.449 e. The first kappa shape index (κ1) is 15.6. The summed E-state index contributed by atoms with van der Waals surface area (Å²) in [5, 5.41) is 2.89. The molecule has 128 valence electrons. The number of alkyl carbamates (subject to hydrolysis) is 1. The number of rotatable bonds is 5. The van der Waals surface area contributed by atoms with Crippen molar-refractivity contribution in [2.75, 3.05) is 13.2 Å². The van der Waals surface area contributed by atoms with Gasteiger partial charge in [-0.05, 0) is 37.0 Å². The molecule has 0 aromatic carbocycles. The molecule has 1 saturated carbocycles. The minimum absolute atomic E-state index is 0.276. The smallest absolute Gasteiger partial charge is 0.407 e. The molecule has 0 saturated heterocycles. The van der Waals surface area contributed by atoms with Gasteiger partial charge in [0.25, 0.3) is 5.82 Å². The molecule has 2 unspecified atom stereocenters. The molecule has 5 heteroatoms. The van der Waals surface area contributed by atoms with E-state index in [1.165, 1.54) is 25.1 Å². The van der Waals surface area contributed by atoms with Gasteiger partial charge in [-0.15, -0.1) is 11.8 Å². The highest BCUT2D eigenvalue weighted by Crippen LogP contribution is 2.52. The lowest BCUT2D eigenvalue weighted by atomic mass is 10.1. The molecule has 1 aromatic heterocycles. The maximum atomic E-state index is 11.9. The van der Waals surface area contributed by atoms with Crippen LogP contribution in [0.25, 0.3) is 0 Å². The van der Waals surface area contributed by atoms with E-state index in [1.807, 2.05) is 0 Å². The normalized spacial score (nSPS) is 27.1. The quantitative estimate of drug-likeness (QED) is 0.663. The summed E-state index contributed by atoms with van der Waals surface area (Å²) in [6.07, 6.45) is 10.7. The molecular weight excluding hydrogens is 302 g/mol. The lowest BCUT2D eigenvalue weighted by Crippen LogP contribution is -2.32. The van der Waals surface area contributed by atoms with Crippen LogP contribution in [0.5, 0.6) is 0 Å². The number of aromatic nitrogens is 2. The molecule has 3 aliphatic rings. The Morgan fingerprint density at radius 3 is 2.92 bits per heavy atom. The number of hydrogen-bond acceptors (Lipinski definition) is 2. The number of aryl methyl sites for hydroxylation is 1. The van der Waals surface area contributed by atoms with Gasteiger partial charge in [0.15, 0.2) is 0 Å². The monoisotopic (exact) mass is 328 g/mol. The van der Waals surface area contributed by atoms with Gasteiger partial charge in [-0.1, -0.05) is 0 Å². The summed E-state index contributed by atoms with van der Waals surface area (Å²) >= 11 is 0. The maximum Gasteiger partial charge on any atom is 0.407 e. The molecule has 24 heavy (non-hydrogen) atoms. The van der Waals surface area contributed by atoms with Crippen LogP contribution in [-0.2, 0) is 24.2 Å². The van der Waals surface area contributed by atoms with E-state index in [1.54, 1.807) is 0 Å². The molecule has 5 nitrogen and oxygen atoms in total. The number of ether oxygens (including phenoxy) is 1. The number of carbonyl (C=O) groups excluding carboxylic acids is 1. The van der Waals surface area contributed by atoms with E-state index in [4.69, 9.17) is 4.74 Å². The van der Waals surface area contributed by atoms with Gasteiger partial charge in [-0.2, -0.15) is 0 Å². The predicted molar refractivity (Wildman–Crippen MR) is 89.0 cm³/mol. The Morgan fingerprint density at radius 2 is 2.12 bits per heavy atom. The van der Waals surface area contributed by atoms with Gasteiger partial charge in [0.05, 0.1) is 26.1 Å². The van der Waals surface area contributed by atoms with E-state index in [-0.39, 0.29) is 6.09 Å². The fourth-order valence-electron chi connectivity index (χ4n) is 4.38. The van der Waals surface area contributed by atoms with Crippen molar-refractivity contribution < 1.29 is 14.1 Å². The van der Waals surface area contributed by atoms with Gasteiger partial charge < -0.3 is 10.1 Å². The van der Waals surface area contributed by atoms with Gasteiger partial charge in [0.1, 0.15) is 18.9 Å². The van der Waals surface area contributed by atoms with Gasteiger partial charge in [0, 0.05) is 12.8 Å². The average molecular weight is 328 g/mol.